The zero-order valence-corrected chi connectivity index (χ0v) is 17.4. The van der Waals surface area contributed by atoms with Gasteiger partial charge in [-0.1, -0.05) is 35.5 Å². The highest BCUT2D eigenvalue weighted by Crippen LogP contribution is 2.38. The molecule has 0 saturated carbocycles. The number of alkyl halides is 3. The minimum Gasteiger partial charge on any atom is -0.495 e. The van der Waals surface area contributed by atoms with Crippen LogP contribution < -0.4 is 9.64 Å². The van der Waals surface area contributed by atoms with E-state index in [-0.39, 0.29) is 11.3 Å². The molecule has 0 bridgehead atoms. The summed E-state index contributed by atoms with van der Waals surface area (Å²) in [7, 11) is 1.66. The summed E-state index contributed by atoms with van der Waals surface area (Å²) in [5.41, 5.74) is 1.35. The number of aryl methyl sites for hydroxylation is 1. The molecule has 0 amide bonds. The van der Waals surface area contributed by atoms with Gasteiger partial charge in [0.05, 0.1) is 18.4 Å². The number of methoxy groups -OCH3 is 1. The lowest BCUT2D eigenvalue weighted by Crippen LogP contribution is -2.46. The molecule has 0 unspecified atom stereocenters. The summed E-state index contributed by atoms with van der Waals surface area (Å²) in [5, 5.41) is 3.98. The van der Waals surface area contributed by atoms with Crippen LogP contribution in [0.25, 0.3) is 11.3 Å². The third-order valence-corrected chi connectivity index (χ3v) is 5.65. The van der Waals surface area contributed by atoms with Gasteiger partial charge >= 0.3 is 6.18 Å². The summed E-state index contributed by atoms with van der Waals surface area (Å²) >= 11 is 0. The molecule has 1 saturated heterocycles. The molecule has 1 fully saturated rings. The predicted molar refractivity (Wildman–Crippen MR) is 112 cm³/mol. The van der Waals surface area contributed by atoms with Crippen LogP contribution in [-0.2, 0) is 12.7 Å². The maximum absolute atomic E-state index is 13.5. The lowest BCUT2D eigenvalue weighted by molar-refractivity contribution is -0.137. The summed E-state index contributed by atoms with van der Waals surface area (Å²) in [6.07, 6.45) is -4.46. The average Bonchev–Trinajstić information content (AvgIpc) is 3.13. The lowest BCUT2D eigenvalue weighted by Gasteiger charge is -2.36. The number of halogens is 3. The van der Waals surface area contributed by atoms with Crippen LogP contribution in [0.3, 0.4) is 0 Å². The largest absolute Gasteiger partial charge is 0.495 e. The molecule has 0 radical (unpaired) electrons. The number of piperazine rings is 1. The van der Waals surface area contributed by atoms with Crippen molar-refractivity contribution in [2.45, 2.75) is 19.6 Å². The summed E-state index contributed by atoms with van der Waals surface area (Å²) in [6.45, 7) is 5.34. The summed E-state index contributed by atoms with van der Waals surface area (Å²) in [5.74, 6) is 1.37. The molecular formula is C23H24F3N3O2. The van der Waals surface area contributed by atoms with Crippen molar-refractivity contribution >= 4 is 5.69 Å². The fourth-order valence-corrected chi connectivity index (χ4v) is 3.99. The minimum atomic E-state index is -4.46. The molecule has 5 nitrogen and oxygen atoms in total. The first kappa shape index (κ1) is 21.2. The maximum atomic E-state index is 13.5. The molecule has 0 N–H and O–H groups in total. The molecule has 164 valence electrons. The number of benzene rings is 2. The Balaban J connectivity index is 1.52. The highest BCUT2D eigenvalue weighted by molar-refractivity contribution is 5.68. The smallest absolute Gasteiger partial charge is 0.417 e. The second-order valence-electron chi connectivity index (χ2n) is 7.54. The quantitative estimate of drug-likeness (QED) is 0.569. The van der Waals surface area contributed by atoms with Gasteiger partial charge in [-0.3, -0.25) is 4.90 Å². The number of rotatable bonds is 5. The molecule has 1 aromatic heterocycles. The SMILES string of the molecule is COc1ccccc1N1CCN(Cc2c(-c3ccccc3C(F)(F)F)noc2C)CC1. The van der Waals surface area contributed by atoms with E-state index in [0.29, 0.717) is 17.9 Å². The molecule has 2 heterocycles. The van der Waals surface area contributed by atoms with E-state index in [2.05, 4.69) is 15.0 Å². The van der Waals surface area contributed by atoms with Gasteiger partial charge in [0.2, 0.25) is 0 Å². The number of para-hydroxylation sites is 2. The Morgan fingerprint density at radius 2 is 1.68 bits per heavy atom. The van der Waals surface area contributed by atoms with Crippen molar-refractivity contribution in [2.75, 3.05) is 38.2 Å². The van der Waals surface area contributed by atoms with E-state index in [9.17, 15) is 13.2 Å². The van der Waals surface area contributed by atoms with E-state index in [1.54, 1.807) is 20.1 Å². The van der Waals surface area contributed by atoms with Gasteiger partial charge in [0.25, 0.3) is 0 Å². The van der Waals surface area contributed by atoms with Crippen molar-refractivity contribution in [1.82, 2.24) is 10.1 Å². The zero-order chi connectivity index (χ0) is 22.0. The highest BCUT2D eigenvalue weighted by Gasteiger charge is 2.35. The summed E-state index contributed by atoms with van der Waals surface area (Å²) in [6, 6.07) is 13.4. The van der Waals surface area contributed by atoms with Crippen LogP contribution >= 0.6 is 0 Å². The fourth-order valence-electron chi connectivity index (χ4n) is 3.99. The molecule has 4 rings (SSSR count). The van der Waals surface area contributed by atoms with Crippen molar-refractivity contribution in [3.63, 3.8) is 0 Å². The summed E-state index contributed by atoms with van der Waals surface area (Å²) in [4.78, 5) is 4.47. The molecular weight excluding hydrogens is 407 g/mol. The van der Waals surface area contributed by atoms with Crippen molar-refractivity contribution in [1.29, 1.82) is 0 Å². The van der Waals surface area contributed by atoms with E-state index in [0.717, 1.165) is 43.7 Å². The molecule has 0 spiro atoms. The standard InChI is InChI=1S/C23H24F3N3O2/c1-16-18(22(27-31-16)17-7-3-4-8-19(17)23(24,25)26)15-28-11-13-29(14-12-28)20-9-5-6-10-21(20)30-2/h3-10H,11-15H2,1-2H3. The molecule has 8 heteroatoms. The maximum Gasteiger partial charge on any atom is 0.417 e. The van der Waals surface area contributed by atoms with E-state index >= 15 is 0 Å². The Hall–Kier alpha value is -3.00. The predicted octanol–water partition coefficient (Wildman–Crippen LogP) is 5.00. The third-order valence-electron chi connectivity index (χ3n) is 5.65. The number of hydrogen-bond acceptors (Lipinski definition) is 5. The van der Waals surface area contributed by atoms with Crippen LogP contribution in [-0.4, -0.2) is 43.3 Å². The number of aromatic nitrogens is 1. The molecule has 0 atom stereocenters. The Bertz CT molecular complexity index is 1040. The normalized spacial score (nSPS) is 15.3. The van der Waals surface area contributed by atoms with E-state index < -0.39 is 11.7 Å². The topological polar surface area (TPSA) is 41.7 Å². The summed E-state index contributed by atoms with van der Waals surface area (Å²) < 4.78 is 51.3. The van der Waals surface area contributed by atoms with E-state index in [1.165, 1.54) is 12.1 Å². The van der Waals surface area contributed by atoms with Crippen LogP contribution in [0.2, 0.25) is 0 Å². The van der Waals surface area contributed by atoms with Gasteiger partial charge in [-0.2, -0.15) is 13.2 Å². The van der Waals surface area contributed by atoms with Gasteiger partial charge in [0.15, 0.2) is 0 Å². The Kier molecular flexibility index (Phi) is 5.91. The first-order valence-corrected chi connectivity index (χ1v) is 10.1. The van der Waals surface area contributed by atoms with Crippen molar-refractivity contribution < 1.29 is 22.4 Å². The van der Waals surface area contributed by atoms with E-state index in [1.807, 2.05) is 24.3 Å². The third kappa shape index (κ3) is 4.39. The molecule has 2 aromatic carbocycles. The molecule has 1 aliphatic heterocycles. The number of ether oxygens (including phenoxy) is 1. The number of nitrogens with zero attached hydrogens (tertiary/aromatic N) is 3. The second-order valence-corrected chi connectivity index (χ2v) is 7.54. The highest BCUT2D eigenvalue weighted by atomic mass is 19.4. The Morgan fingerprint density at radius 1 is 1.00 bits per heavy atom. The van der Waals surface area contributed by atoms with Crippen molar-refractivity contribution in [2.24, 2.45) is 0 Å². The Morgan fingerprint density at radius 3 is 2.39 bits per heavy atom. The van der Waals surface area contributed by atoms with Crippen LogP contribution in [0, 0.1) is 6.92 Å². The first-order chi connectivity index (χ1) is 14.9. The Labute approximate surface area is 179 Å². The van der Waals surface area contributed by atoms with Crippen LogP contribution in [0.1, 0.15) is 16.9 Å². The van der Waals surface area contributed by atoms with Crippen LogP contribution in [0.5, 0.6) is 5.75 Å². The molecule has 0 aliphatic carbocycles. The molecule has 3 aromatic rings. The van der Waals surface area contributed by atoms with Crippen molar-refractivity contribution in [3.05, 3.63) is 65.4 Å². The van der Waals surface area contributed by atoms with Gasteiger partial charge in [-0.05, 0) is 25.1 Å². The number of anilines is 1. The lowest BCUT2D eigenvalue weighted by atomic mass is 10.00. The van der Waals surface area contributed by atoms with Gasteiger partial charge in [-0.25, -0.2) is 0 Å². The molecule has 31 heavy (non-hydrogen) atoms. The van der Waals surface area contributed by atoms with Crippen molar-refractivity contribution in [3.8, 4) is 17.0 Å². The van der Waals surface area contributed by atoms with Gasteiger partial charge < -0.3 is 14.2 Å². The number of hydrogen-bond donors (Lipinski definition) is 0. The fraction of sp³-hybridized carbons (Fsp3) is 0.348. The second kappa shape index (κ2) is 8.63. The average molecular weight is 431 g/mol. The van der Waals surface area contributed by atoms with Gasteiger partial charge in [0.1, 0.15) is 17.2 Å². The minimum absolute atomic E-state index is 0.0505. The molecule has 1 aliphatic rings. The van der Waals surface area contributed by atoms with Gasteiger partial charge in [-0.15, -0.1) is 0 Å². The monoisotopic (exact) mass is 431 g/mol. The zero-order valence-electron chi connectivity index (χ0n) is 17.4. The first-order valence-electron chi connectivity index (χ1n) is 10.1. The van der Waals surface area contributed by atoms with Gasteiger partial charge in [0, 0.05) is 43.9 Å². The van der Waals surface area contributed by atoms with Crippen LogP contribution in [0.15, 0.2) is 53.1 Å². The van der Waals surface area contributed by atoms with E-state index in [4.69, 9.17) is 9.26 Å². The van der Waals surface area contributed by atoms with Crippen LogP contribution in [0.4, 0.5) is 18.9 Å².